The number of anilines is 1. The van der Waals surface area contributed by atoms with Gasteiger partial charge in [0.25, 0.3) is 11.8 Å². The molecule has 8 nitrogen and oxygen atoms in total. The molecule has 3 aromatic rings. The number of rotatable bonds is 5. The van der Waals surface area contributed by atoms with Crippen molar-refractivity contribution in [1.82, 2.24) is 14.8 Å². The van der Waals surface area contributed by atoms with Crippen molar-refractivity contribution in [1.29, 1.82) is 0 Å². The Morgan fingerprint density at radius 3 is 1.95 bits per heavy atom. The molecule has 1 aromatic heterocycles. The lowest BCUT2D eigenvalue weighted by Gasteiger charge is -2.35. The quantitative estimate of drug-likeness (QED) is 0.563. The number of nitrogens with one attached hydrogen (secondary N) is 1. The Balaban J connectivity index is 1.34. The van der Waals surface area contributed by atoms with Crippen molar-refractivity contribution in [2.75, 3.05) is 38.6 Å². The van der Waals surface area contributed by atoms with Gasteiger partial charge in [-0.3, -0.25) is 14.4 Å². The number of carbonyl (C=O) groups excluding carboxylic acids is 3. The third kappa shape index (κ3) is 6.14. The van der Waals surface area contributed by atoms with Crippen LogP contribution in [0, 0.1) is 5.41 Å². The largest absolute Gasteiger partial charge is 0.497 e. The summed E-state index contributed by atoms with van der Waals surface area (Å²) in [5, 5.41) is 2.81. The topological polar surface area (TPSA) is 91.8 Å². The summed E-state index contributed by atoms with van der Waals surface area (Å²) in [6.07, 6.45) is 1.70. The van der Waals surface area contributed by atoms with E-state index >= 15 is 0 Å². The first-order chi connectivity index (χ1) is 17.7. The molecule has 1 N–H and O–H groups in total. The van der Waals surface area contributed by atoms with Crippen LogP contribution in [0.15, 0.2) is 66.9 Å². The van der Waals surface area contributed by atoms with E-state index in [0.29, 0.717) is 48.9 Å². The molecule has 2 aromatic carbocycles. The van der Waals surface area contributed by atoms with E-state index in [1.54, 1.807) is 65.6 Å². The van der Waals surface area contributed by atoms with Crippen molar-refractivity contribution in [2.45, 2.75) is 20.8 Å². The minimum Gasteiger partial charge on any atom is -0.497 e. The Bertz CT molecular complexity index is 1270. The standard InChI is InChI=1S/C29H32N4O4/c1-29(2,3)28(36)31-25-13-12-23(19-30-25)20-8-10-21(11-9-20)26(34)32-14-16-33(17-15-32)27(35)22-6-5-7-24(18-22)37-4/h5-13,18-19H,14-17H2,1-4H3,(H,30,31,36). The second-order valence-corrected chi connectivity index (χ2v) is 10.0. The fraction of sp³-hybridized carbons (Fsp3) is 0.310. The van der Waals surface area contributed by atoms with Gasteiger partial charge in [0.15, 0.2) is 0 Å². The van der Waals surface area contributed by atoms with E-state index in [1.165, 1.54) is 0 Å². The highest BCUT2D eigenvalue weighted by atomic mass is 16.5. The molecule has 8 heteroatoms. The summed E-state index contributed by atoms with van der Waals surface area (Å²) in [7, 11) is 1.57. The van der Waals surface area contributed by atoms with Crippen molar-refractivity contribution in [2.24, 2.45) is 5.41 Å². The van der Waals surface area contributed by atoms with Gasteiger partial charge < -0.3 is 19.9 Å². The molecule has 1 aliphatic heterocycles. The molecule has 0 unspecified atom stereocenters. The Kier molecular flexibility index (Phi) is 7.57. The maximum atomic E-state index is 13.1. The number of methoxy groups -OCH3 is 1. The Morgan fingerprint density at radius 1 is 0.811 bits per heavy atom. The highest BCUT2D eigenvalue weighted by Crippen LogP contribution is 2.23. The third-order valence-electron chi connectivity index (χ3n) is 6.32. The number of hydrogen-bond donors (Lipinski definition) is 1. The third-order valence-corrected chi connectivity index (χ3v) is 6.32. The van der Waals surface area contributed by atoms with Gasteiger partial charge in [0.1, 0.15) is 11.6 Å². The molecule has 192 valence electrons. The van der Waals surface area contributed by atoms with Crippen LogP contribution in [-0.2, 0) is 4.79 Å². The molecule has 0 aliphatic carbocycles. The molecule has 1 aliphatic rings. The summed E-state index contributed by atoms with van der Waals surface area (Å²) in [5.74, 6) is 0.925. The lowest BCUT2D eigenvalue weighted by atomic mass is 9.96. The maximum absolute atomic E-state index is 13.1. The van der Waals surface area contributed by atoms with Crippen molar-refractivity contribution in [3.8, 4) is 16.9 Å². The van der Waals surface area contributed by atoms with E-state index in [0.717, 1.165) is 11.1 Å². The second-order valence-electron chi connectivity index (χ2n) is 10.0. The van der Waals surface area contributed by atoms with E-state index in [1.807, 2.05) is 39.0 Å². The monoisotopic (exact) mass is 500 g/mol. The van der Waals surface area contributed by atoms with Gasteiger partial charge >= 0.3 is 0 Å². The average Bonchev–Trinajstić information content (AvgIpc) is 2.92. The average molecular weight is 501 g/mol. The van der Waals surface area contributed by atoms with Crippen LogP contribution in [0.25, 0.3) is 11.1 Å². The Labute approximate surface area is 217 Å². The molecule has 1 saturated heterocycles. The number of aromatic nitrogens is 1. The first kappa shape index (κ1) is 25.9. The molecule has 1 fully saturated rings. The zero-order valence-corrected chi connectivity index (χ0v) is 21.7. The van der Waals surface area contributed by atoms with Crippen LogP contribution in [0.1, 0.15) is 41.5 Å². The first-order valence-electron chi connectivity index (χ1n) is 12.3. The normalized spacial score (nSPS) is 13.7. The number of piperazine rings is 1. The summed E-state index contributed by atoms with van der Waals surface area (Å²) < 4.78 is 5.21. The van der Waals surface area contributed by atoms with Gasteiger partial charge in [-0.25, -0.2) is 4.98 Å². The minimum atomic E-state index is -0.499. The predicted octanol–water partition coefficient (Wildman–Crippen LogP) is 4.34. The lowest BCUT2D eigenvalue weighted by molar-refractivity contribution is -0.123. The van der Waals surface area contributed by atoms with E-state index in [-0.39, 0.29) is 17.7 Å². The van der Waals surface area contributed by atoms with Gasteiger partial charge in [0.05, 0.1) is 7.11 Å². The van der Waals surface area contributed by atoms with Gasteiger partial charge in [-0.05, 0) is 48.0 Å². The van der Waals surface area contributed by atoms with Crippen LogP contribution in [-0.4, -0.2) is 65.8 Å². The van der Waals surface area contributed by atoms with Crippen molar-refractivity contribution < 1.29 is 19.1 Å². The van der Waals surface area contributed by atoms with Gasteiger partial charge in [0, 0.05) is 54.5 Å². The van der Waals surface area contributed by atoms with Gasteiger partial charge in [-0.1, -0.05) is 39.0 Å². The fourth-order valence-corrected chi connectivity index (χ4v) is 3.98. The smallest absolute Gasteiger partial charge is 0.254 e. The van der Waals surface area contributed by atoms with Crippen LogP contribution in [0.5, 0.6) is 5.75 Å². The summed E-state index contributed by atoms with van der Waals surface area (Å²) >= 11 is 0. The van der Waals surface area contributed by atoms with E-state index in [4.69, 9.17) is 4.74 Å². The van der Waals surface area contributed by atoms with Crippen LogP contribution < -0.4 is 10.1 Å². The number of benzene rings is 2. The SMILES string of the molecule is COc1cccc(C(=O)N2CCN(C(=O)c3ccc(-c4ccc(NC(=O)C(C)(C)C)nc4)cc3)CC2)c1. The summed E-state index contributed by atoms with van der Waals surface area (Å²) in [5.41, 5.74) is 2.48. The molecule has 37 heavy (non-hydrogen) atoms. The molecule has 0 radical (unpaired) electrons. The first-order valence-corrected chi connectivity index (χ1v) is 12.3. The lowest BCUT2D eigenvalue weighted by Crippen LogP contribution is -2.50. The Hall–Kier alpha value is -4.20. The second kappa shape index (κ2) is 10.8. The molecule has 0 spiro atoms. The minimum absolute atomic E-state index is 0.0570. The van der Waals surface area contributed by atoms with E-state index in [9.17, 15) is 14.4 Å². The highest BCUT2D eigenvalue weighted by molar-refractivity contribution is 5.96. The number of pyridine rings is 1. The van der Waals surface area contributed by atoms with E-state index < -0.39 is 5.41 Å². The van der Waals surface area contributed by atoms with Crippen LogP contribution >= 0.6 is 0 Å². The number of amides is 3. The van der Waals surface area contributed by atoms with Gasteiger partial charge in [-0.2, -0.15) is 0 Å². The van der Waals surface area contributed by atoms with Crippen molar-refractivity contribution in [3.63, 3.8) is 0 Å². The van der Waals surface area contributed by atoms with Crippen LogP contribution in [0.4, 0.5) is 5.82 Å². The number of ether oxygens (including phenoxy) is 1. The maximum Gasteiger partial charge on any atom is 0.254 e. The molecule has 0 atom stereocenters. The predicted molar refractivity (Wildman–Crippen MR) is 143 cm³/mol. The van der Waals surface area contributed by atoms with Crippen molar-refractivity contribution in [3.05, 3.63) is 78.0 Å². The summed E-state index contributed by atoms with van der Waals surface area (Å²) in [6, 6.07) is 18.1. The molecule has 0 bridgehead atoms. The molecule has 3 amide bonds. The molecular weight excluding hydrogens is 468 g/mol. The van der Waals surface area contributed by atoms with Gasteiger partial charge in [0.2, 0.25) is 5.91 Å². The number of hydrogen-bond acceptors (Lipinski definition) is 5. The zero-order valence-electron chi connectivity index (χ0n) is 21.7. The Morgan fingerprint density at radius 2 is 1.41 bits per heavy atom. The summed E-state index contributed by atoms with van der Waals surface area (Å²) in [4.78, 5) is 45.9. The van der Waals surface area contributed by atoms with Gasteiger partial charge in [-0.15, -0.1) is 0 Å². The van der Waals surface area contributed by atoms with Crippen molar-refractivity contribution >= 4 is 23.5 Å². The molecule has 2 heterocycles. The van der Waals surface area contributed by atoms with E-state index in [2.05, 4.69) is 10.3 Å². The van der Waals surface area contributed by atoms with Crippen LogP contribution in [0.3, 0.4) is 0 Å². The van der Waals surface area contributed by atoms with Crippen LogP contribution in [0.2, 0.25) is 0 Å². The highest BCUT2D eigenvalue weighted by Gasteiger charge is 2.26. The molecule has 4 rings (SSSR count). The fourth-order valence-electron chi connectivity index (χ4n) is 3.98. The number of nitrogens with zero attached hydrogens (tertiary/aromatic N) is 3. The molecule has 0 saturated carbocycles. The zero-order chi connectivity index (χ0) is 26.6. The summed E-state index contributed by atoms with van der Waals surface area (Å²) in [6.45, 7) is 7.45. The number of carbonyl (C=O) groups is 3. The molecular formula is C29H32N4O4.